The monoisotopic (exact) mass is 266 g/mol. The van der Waals surface area contributed by atoms with Crippen LogP contribution >= 0.6 is 0 Å². The highest BCUT2D eigenvalue weighted by molar-refractivity contribution is 5.95. The second-order valence-electron chi connectivity index (χ2n) is 4.85. The summed E-state index contributed by atoms with van der Waals surface area (Å²) in [6.07, 6.45) is 1.12. The van der Waals surface area contributed by atoms with Crippen LogP contribution in [0.25, 0.3) is 6.08 Å². The van der Waals surface area contributed by atoms with E-state index in [1.165, 1.54) is 0 Å². The van der Waals surface area contributed by atoms with Crippen molar-refractivity contribution in [3.05, 3.63) is 70.8 Å². The topological polar surface area (TPSA) is 46.5 Å². The van der Waals surface area contributed by atoms with Crippen LogP contribution in [0.3, 0.4) is 0 Å². The fourth-order valence-electron chi connectivity index (χ4n) is 2.40. The van der Waals surface area contributed by atoms with E-state index in [9.17, 15) is 9.90 Å². The highest BCUT2D eigenvalue weighted by Crippen LogP contribution is 2.37. The minimum atomic E-state index is -0.953. The van der Waals surface area contributed by atoms with Crippen LogP contribution < -0.4 is 4.74 Å². The molecule has 1 aliphatic heterocycles. The van der Waals surface area contributed by atoms with Crippen molar-refractivity contribution in [1.29, 1.82) is 0 Å². The Morgan fingerprint density at radius 2 is 1.95 bits per heavy atom. The molecule has 0 spiro atoms. The smallest absolute Gasteiger partial charge is 0.335 e. The number of rotatable bonds is 2. The Kier molecular flexibility index (Phi) is 3.03. The van der Waals surface area contributed by atoms with E-state index < -0.39 is 12.1 Å². The molecule has 20 heavy (non-hydrogen) atoms. The van der Waals surface area contributed by atoms with Gasteiger partial charge < -0.3 is 9.84 Å². The SMILES string of the molecule is Cc1cccc(C2Oc3ccccc3C=C2C(=O)O)c1. The number of hydrogen-bond donors (Lipinski definition) is 1. The third-order valence-electron chi connectivity index (χ3n) is 3.35. The van der Waals surface area contributed by atoms with Crippen LogP contribution in [0.15, 0.2) is 54.1 Å². The summed E-state index contributed by atoms with van der Waals surface area (Å²) in [6.45, 7) is 1.98. The number of benzene rings is 2. The number of carboxylic acids is 1. The minimum absolute atomic E-state index is 0.259. The van der Waals surface area contributed by atoms with Gasteiger partial charge in [0.2, 0.25) is 0 Å². The number of para-hydroxylation sites is 1. The predicted octanol–water partition coefficient (Wildman–Crippen LogP) is 3.60. The Labute approximate surface area is 117 Å². The normalized spacial score (nSPS) is 16.9. The molecule has 1 N–H and O–H groups in total. The summed E-state index contributed by atoms with van der Waals surface area (Å²) in [5.74, 6) is -0.241. The molecule has 0 aliphatic carbocycles. The molecule has 0 saturated carbocycles. The molecule has 1 heterocycles. The zero-order chi connectivity index (χ0) is 14.1. The van der Waals surface area contributed by atoms with Crippen molar-refractivity contribution in [1.82, 2.24) is 0 Å². The molecule has 2 aromatic rings. The van der Waals surface area contributed by atoms with E-state index in [-0.39, 0.29) is 5.57 Å². The number of aryl methyl sites for hydroxylation is 1. The molecule has 0 radical (unpaired) electrons. The average Bonchev–Trinajstić information content (AvgIpc) is 2.46. The molecule has 100 valence electrons. The molecular weight excluding hydrogens is 252 g/mol. The molecule has 3 heteroatoms. The molecule has 0 fully saturated rings. The second-order valence-corrected chi connectivity index (χ2v) is 4.85. The van der Waals surface area contributed by atoms with E-state index in [2.05, 4.69) is 0 Å². The molecule has 0 bridgehead atoms. The van der Waals surface area contributed by atoms with Gasteiger partial charge in [0.1, 0.15) is 5.75 Å². The number of ether oxygens (including phenoxy) is 1. The largest absolute Gasteiger partial charge is 0.480 e. The first-order valence-electron chi connectivity index (χ1n) is 6.42. The van der Waals surface area contributed by atoms with Gasteiger partial charge >= 0.3 is 5.97 Å². The van der Waals surface area contributed by atoms with Crippen LogP contribution in [0.4, 0.5) is 0 Å². The zero-order valence-electron chi connectivity index (χ0n) is 11.0. The third-order valence-corrected chi connectivity index (χ3v) is 3.35. The quantitative estimate of drug-likeness (QED) is 0.903. The molecule has 3 rings (SSSR count). The van der Waals surface area contributed by atoms with Gasteiger partial charge in [0.25, 0.3) is 0 Å². The minimum Gasteiger partial charge on any atom is -0.480 e. The maximum absolute atomic E-state index is 11.5. The van der Waals surface area contributed by atoms with Crippen molar-refractivity contribution in [2.24, 2.45) is 0 Å². The Morgan fingerprint density at radius 3 is 2.70 bits per heavy atom. The molecule has 3 nitrogen and oxygen atoms in total. The van der Waals surface area contributed by atoms with Gasteiger partial charge in [-0.25, -0.2) is 4.79 Å². The molecule has 0 aromatic heterocycles. The van der Waals surface area contributed by atoms with Crippen LogP contribution in [0.2, 0.25) is 0 Å². The Morgan fingerprint density at radius 1 is 1.15 bits per heavy atom. The van der Waals surface area contributed by atoms with Gasteiger partial charge in [-0.3, -0.25) is 0 Å². The molecule has 1 unspecified atom stereocenters. The average molecular weight is 266 g/mol. The summed E-state index contributed by atoms with van der Waals surface area (Å²) in [4.78, 5) is 11.5. The van der Waals surface area contributed by atoms with E-state index in [1.54, 1.807) is 6.08 Å². The Bertz CT molecular complexity index is 701. The predicted molar refractivity (Wildman–Crippen MR) is 76.6 cm³/mol. The van der Waals surface area contributed by atoms with Crippen molar-refractivity contribution in [3.8, 4) is 5.75 Å². The maximum Gasteiger partial charge on any atom is 0.335 e. The summed E-state index contributed by atoms with van der Waals surface area (Å²) >= 11 is 0. The van der Waals surface area contributed by atoms with Crippen molar-refractivity contribution >= 4 is 12.0 Å². The first-order valence-corrected chi connectivity index (χ1v) is 6.42. The first kappa shape index (κ1) is 12.5. The first-order chi connectivity index (χ1) is 9.65. The number of carboxylic acid groups (broad SMARTS) is 1. The number of aliphatic carboxylic acids is 1. The van der Waals surface area contributed by atoms with E-state index in [0.717, 1.165) is 16.7 Å². The van der Waals surface area contributed by atoms with E-state index in [4.69, 9.17) is 4.74 Å². The highest BCUT2D eigenvalue weighted by atomic mass is 16.5. The van der Waals surface area contributed by atoms with Crippen molar-refractivity contribution in [3.63, 3.8) is 0 Å². The van der Waals surface area contributed by atoms with Crippen LogP contribution in [0.1, 0.15) is 22.8 Å². The highest BCUT2D eigenvalue weighted by Gasteiger charge is 2.28. The van der Waals surface area contributed by atoms with Gasteiger partial charge in [-0.05, 0) is 24.6 Å². The standard InChI is InChI=1S/C17H14O3/c1-11-5-4-7-13(9-11)16-14(17(18)19)10-12-6-2-3-8-15(12)20-16/h2-10,16H,1H3,(H,18,19). The molecule has 2 aromatic carbocycles. The van der Waals surface area contributed by atoms with Gasteiger partial charge in [0.15, 0.2) is 6.10 Å². The lowest BCUT2D eigenvalue weighted by atomic mass is 9.95. The van der Waals surface area contributed by atoms with Gasteiger partial charge in [-0.1, -0.05) is 48.0 Å². The van der Waals surface area contributed by atoms with Crippen LogP contribution in [0, 0.1) is 6.92 Å². The zero-order valence-corrected chi connectivity index (χ0v) is 11.0. The fraction of sp³-hybridized carbons (Fsp3) is 0.118. The molecule has 1 atom stereocenters. The number of hydrogen-bond acceptors (Lipinski definition) is 2. The summed E-state index contributed by atoms with van der Waals surface area (Å²) in [5, 5.41) is 9.42. The summed E-state index contributed by atoms with van der Waals surface area (Å²) < 4.78 is 5.90. The second kappa shape index (κ2) is 4.85. The van der Waals surface area contributed by atoms with E-state index in [0.29, 0.717) is 5.75 Å². The van der Waals surface area contributed by atoms with Crippen molar-refractivity contribution in [2.45, 2.75) is 13.0 Å². The molecule has 1 aliphatic rings. The van der Waals surface area contributed by atoms with Crippen LogP contribution in [-0.2, 0) is 4.79 Å². The van der Waals surface area contributed by atoms with Gasteiger partial charge in [0, 0.05) is 5.56 Å². The van der Waals surface area contributed by atoms with Crippen molar-refractivity contribution < 1.29 is 14.6 Å². The fourth-order valence-corrected chi connectivity index (χ4v) is 2.40. The third kappa shape index (κ3) is 2.18. The van der Waals surface area contributed by atoms with E-state index in [1.807, 2.05) is 55.5 Å². The molecule has 0 saturated heterocycles. The number of fused-ring (bicyclic) bond motifs is 1. The summed E-state index contributed by atoms with van der Waals surface area (Å²) in [7, 11) is 0. The number of carbonyl (C=O) groups is 1. The lowest BCUT2D eigenvalue weighted by Gasteiger charge is -2.25. The van der Waals surface area contributed by atoms with Crippen LogP contribution in [-0.4, -0.2) is 11.1 Å². The summed E-state index contributed by atoms with van der Waals surface area (Å²) in [5.41, 5.74) is 2.99. The Hall–Kier alpha value is -2.55. The Balaban J connectivity index is 2.10. The lowest BCUT2D eigenvalue weighted by molar-refractivity contribution is -0.133. The van der Waals surface area contributed by atoms with Crippen molar-refractivity contribution in [2.75, 3.05) is 0 Å². The summed E-state index contributed by atoms with van der Waals surface area (Å²) in [6, 6.07) is 15.2. The lowest BCUT2D eigenvalue weighted by Crippen LogP contribution is -2.20. The maximum atomic E-state index is 11.5. The van der Waals surface area contributed by atoms with Gasteiger partial charge in [0.05, 0.1) is 5.57 Å². The van der Waals surface area contributed by atoms with Crippen LogP contribution in [0.5, 0.6) is 5.75 Å². The molecular formula is C17H14O3. The molecule has 0 amide bonds. The van der Waals surface area contributed by atoms with Gasteiger partial charge in [-0.2, -0.15) is 0 Å². The van der Waals surface area contributed by atoms with E-state index >= 15 is 0 Å². The van der Waals surface area contributed by atoms with Gasteiger partial charge in [-0.15, -0.1) is 0 Å².